The maximum absolute atomic E-state index is 12.7. The van der Waals surface area contributed by atoms with Gasteiger partial charge in [-0.3, -0.25) is 4.79 Å². The van der Waals surface area contributed by atoms with Crippen LogP contribution in [0.2, 0.25) is 0 Å². The average molecular weight is 405 g/mol. The van der Waals surface area contributed by atoms with Gasteiger partial charge in [-0.05, 0) is 55.0 Å². The number of benzene rings is 3. The van der Waals surface area contributed by atoms with Crippen molar-refractivity contribution in [1.29, 1.82) is 0 Å². The fourth-order valence-electron chi connectivity index (χ4n) is 2.78. The summed E-state index contributed by atoms with van der Waals surface area (Å²) < 4.78 is 17.1. The molecular formula is C25H27NO4. The first-order valence-corrected chi connectivity index (χ1v) is 10.2. The van der Waals surface area contributed by atoms with Gasteiger partial charge in [0, 0.05) is 5.69 Å². The monoisotopic (exact) mass is 405 g/mol. The summed E-state index contributed by atoms with van der Waals surface area (Å²) in [6.07, 6.45) is 2.11. The van der Waals surface area contributed by atoms with E-state index in [0.29, 0.717) is 36.8 Å². The molecule has 1 N–H and O–H groups in total. The largest absolute Gasteiger partial charge is 0.494 e. The van der Waals surface area contributed by atoms with Gasteiger partial charge >= 0.3 is 0 Å². The third-order valence-corrected chi connectivity index (χ3v) is 4.36. The number of rotatable bonds is 11. The number of hydrogen-bond acceptors (Lipinski definition) is 4. The molecule has 0 radical (unpaired) electrons. The number of hydrogen-bond donors (Lipinski definition) is 1. The summed E-state index contributed by atoms with van der Waals surface area (Å²) in [5.41, 5.74) is 1.17. The normalized spacial score (nSPS) is 10.3. The molecule has 0 aliphatic rings. The van der Waals surface area contributed by atoms with Crippen LogP contribution in [-0.2, 0) is 0 Å². The van der Waals surface area contributed by atoms with Gasteiger partial charge in [0.05, 0.1) is 12.2 Å². The quantitative estimate of drug-likeness (QED) is 0.423. The lowest BCUT2D eigenvalue weighted by Crippen LogP contribution is -2.15. The van der Waals surface area contributed by atoms with Gasteiger partial charge in [0.1, 0.15) is 30.5 Å². The van der Waals surface area contributed by atoms with Gasteiger partial charge in [-0.2, -0.15) is 0 Å². The number of ether oxygens (including phenoxy) is 3. The van der Waals surface area contributed by atoms with Crippen LogP contribution in [0.5, 0.6) is 17.2 Å². The minimum atomic E-state index is -0.228. The van der Waals surface area contributed by atoms with E-state index in [2.05, 4.69) is 12.2 Å². The van der Waals surface area contributed by atoms with Crippen molar-refractivity contribution in [1.82, 2.24) is 0 Å². The highest BCUT2D eigenvalue weighted by atomic mass is 16.5. The summed E-state index contributed by atoms with van der Waals surface area (Å²) in [6, 6.07) is 24.1. The predicted molar refractivity (Wildman–Crippen MR) is 119 cm³/mol. The molecule has 156 valence electrons. The van der Waals surface area contributed by atoms with E-state index in [4.69, 9.17) is 14.2 Å². The Hall–Kier alpha value is -3.47. The number of nitrogens with one attached hydrogen (secondary N) is 1. The number of carbonyl (C=O) groups is 1. The lowest BCUT2D eigenvalue weighted by molar-refractivity contribution is 0.102. The summed E-state index contributed by atoms with van der Waals surface area (Å²) in [6.45, 7) is 3.54. The van der Waals surface area contributed by atoms with Gasteiger partial charge in [0.15, 0.2) is 0 Å². The van der Waals surface area contributed by atoms with Gasteiger partial charge in [-0.15, -0.1) is 0 Å². The van der Waals surface area contributed by atoms with Gasteiger partial charge in [-0.1, -0.05) is 43.7 Å². The Bertz CT molecular complexity index is 910. The molecule has 0 fully saturated rings. The molecule has 0 bridgehead atoms. The predicted octanol–water partition coefficient (Wildman–Crippen LogP) is 5.58. The van der Waals surface area contributed by atoms with Crippen LogP contribution >= 0.6 is 0 Å². The minimum absolute atomic E-state index is 0.228. The molecule has 0 aliphatic carbocycles. The lowest BCUT2D eigenvalue weighted by Gasteiger charge is -2.13. The zero-order valence-corrected chi connectivity index (χ0v) is 17.2. The lowest BCUT2D eigenvalue weighted by atomic mass is 10.2. The Balaban J connectivity index is 1.53. The van der Waals surface area contributed by atoms with Crippen molar-refractivity contribution in [2.45, 2.75) is 19.8 Å². The Morgan fingerprint density at radius 3 is 2.13 bits per heavy atom. The summed E-state index contributed by atoms with van der Waals surface area (Å²) in [5, 5.41) is 2.90. The zero-order valence-electron chi connectivity index (χ0n) is 17.2. The second kappa shape index (κ2) is 11.5. The molecule has 3 aromatic carbocycles. The minimum Gasteiger partial charge on any atom is -0.494 e. The van der Waals surface area contributed by atoms with Crippen LogP contribution in [-0.4, -0.2) is 25.7 Å². The summed E-state index contributed by atoms with van der Waals surface area (Å²) >= 11 is 0. The number of para-hydroxylation sites is 2. The first-order valence-electron chi connectivity index (χ1n) is 10.2. The van der Waals surface area contributed by atoms with E-state index in [-0.39, 0.29) is 5.91 Å². The Kier molecular flexibility index (Phi) is 8.15. The van der Waals surface area contributed by atoms with Crippen LogP contribution in [0.1, 0.15) is 30.1 Å². The van der Waals surface area contributed by atoms with Crippen molar-refractivity contribution >= 4 is 11.6 Å². The second-order valence-corrected chi connectivity index (χ2v) is 6.69. The number of anilines is 1. The highest BCUT2D eigenvalue weighted by molar-refractivity contribution is 6.06. The molecule has 3 rings (SSSR count). The van der Waals surface area contributed by atoms with Crippen molar-refractivity contribution in [3.63, 3.8) is 0 Å². The molecule has 1 amide bonds. The van der Waals surface area contributed by atoms with Crippen LogP contribution < -0.4 is 19.5 Å². The maximum Gasteiger partial charge on any atom is 0.259 e. The van der Waals surface area contributed by atoms with Crippen molar-refractivity contribution in [3.8, 4) is 17.2 Å². The molecule has 0 heterocycles. The fourth-order valence-corrected chi connectivity index (χ4v) is 2.78. The van der Waals surface area contributed by atoms with E-state index in [1.165, 1.54) is 0 Å². The number of unbranched alkanes of at least 4 members (excludes halogenated alkanes) is 1. The third-order valence-electron chi connectivity index (χ3n) is 4.36. The van der Waals surface area contributed by atoms with Crippen molar-refractivity contribution in [3.05, 3.63) is 84.4 Å². The molecule has 0 atom stereocenters. The SMILES string of the molecule is CCCCOc1ccc(NC(=O)c2ccccc2OCCOc2ccccc2)cc1. The van der Waals surface area contributed by atoms with Crippen LogP contribution in [0.3, 0.4) is 0 Å². The summed E-state index contributed by atoms with van der Waals surface area (Å²) in [5.74, 6) is 1.87. The van der Waals surface area contributed by atoms with E-state index >= 15 is 0 Å². The molecule has 5 heteroatoms. The Labute approximate surface area is 177 Å². The van der Waals surface area contributed by atoms with Crippen LogP contribution in [0, 0.1) is 0 Å². The topological polar surface area (TPSA) is 56.8 Å². The van der Waals surface area contributed by atoms with Crippen LogP contribution in [0.4, 0.5) is 5.69 Å². The second-order valence-electron chi connectivity index (χ2n) is 6.69. The maximum atomic E-state index is 12.7. The molecule has 0 saturated carbocycles. The standard InChI is InChI=1S/C25H27NO4/c1-2-3-17-28-22-15-13-20(14-16-22)26-25(27)23-11-7-8-12-24(23)30-19-18-29-21-9-5-4-6-10-21/h4-16H,2-3,17-19H2,1H3,(H,26,27). The third kappa shape index (κ3) is 6.55. The molecule has 3 aromatic rings. The molecule has 0 aliphatic heterocycles. The van der Waals surface area contributed by atoms with Crippen LogP contribution in [0.15, 0.2) is 78.9 Å². The number of amides is 1. The molecule has 5 nitrogen and oxygen atoms in total. The highest BCUT2D eigenvalue weighted by Gasteiger charge is 2.12. The van der Waals surface area contributed by atoms with Crippen LogP contribution in [0.25, 0.3) is 0 Å². The Morgan fingerprint density at radius 2 is 1.37 bits per heavy atom. The molecule has 30 heavy (non-hydrogen) atoms. The van der Waals surface area contributed by atoms with Gasteiger partial charge < -0.3 is 19.5 Å². The first-order chi connectivity index (χ1) is 14.8. The van der Waals surface area contributed by atoms with E-state index in [9.17, 15) is 4.79 Å². The van der Waals surface area contributed by atoms with E-state index in [0.717, 1.165) is 24.3 Å². The molecule has 0 unspecified atom stereocenters. The summed E-state index contributed by atoms with van der Waals surface area (Å²) in [7, 11) is 0. The molecule has 0 aromatic heterocycles. The molecule has 0 saturated heterocycles. The highest BCUT2D eigenvalue weighted by Crippen LogP contribution is 2.21. The van der Waals surface area contributed by atoms with Gasteiger partial charge in [0.2, 0.25) is 0 Å². The van der Waals surface area contributed by atoms with E-state index in [1.807, 2.05) is 66.7 Å². The summed E-state index contributed by atoms with van der Waals surface area (Å²) in [4.78, 5) is 12.7. The number of carbonyl (C=O) groups excluding carboxylic acids is 1. The fraction of sp³-hybridized carbons (Fsp3) is 0.240. The van der Waals surface area contributed by atoms with Crippen molar-refractivity contribution in [2.24, 2.45) is 0 Å². The smallest absolute Gasteiger partial charge is 0.259 e. The molecule has 0 spiro atoms. The zero-order chi connectivity index (χ0) is 21.0. The first kappa shape index (κ1) is 21.2. The van der Waals surface area contributed by atoms with Crippen molar-refractivity contribution < 1.29 is 19.0 Å². The van der Waals surface area contributed by atoms with E-state index in [1.54, 1.807) is 12.1 Å². The Morgan fingerprint density at radius 1 is 0.733 bits per heavy atom. The van der Waals surface area contributed by atoms with Crippen molar-refractivity contribution in [2.75, 3.05) is 25.1 Å². The van der Waals surface area contributed by atoms with Gasteiger partial charge in [-0.25, -0.2) is 0 Å². The molecular weight excluding hydrogens is 378 g/mol. The average Bonchev–Trinajstić information content (AvgIpc) is 2.79. The van der Waals surface area contributed by atoms with E-state index < -0.39 is 0 Å². The van der Waals surface area contributed by atoms with Gasteiger partial charge in [0.25, 0.3) is 5.91 Å².